The van der Waals surface area contributed by atoms with E-state index in [1.165, 1.54) is 0 Å². The Labute approximate surface area is 152 Å². The number of halogens is 1. The normalized spacial score (nSPS) is 17.9. The number of amides is 2. The van der Waals surface area contributed by atoms with E-state index in [0.717, 1.165) is 11.3 Å². The summed E-state index contributed by atoms with van der Waals surface area (Å²) in [6.45, 7) is 0.559. The Hall–Kier alpha value is -2.38. The third-order valence-electron chi connectivity index (χ3n) is 4.16. The average Bonchev–Trinajstić information content (AvgIpc) is 3.15. The number of benzene rings is 1. The lowest BCUT2D eigenvalue weighted by molar-refractivity contribution is -0.127. The molecule has 25 heavy (non-hydrogen) atoms. The highest BCUT2D eigenvalue weighted by molar-refractivity contribution is 6.01. The molecular weight excluding hydrogens is 342 g/mol. The largest absolute Gasteiger partial charge is 0.343 e. The molecule has 0 aliphatic carbocycles. The van der Waals surface area contributed by atoms with Gasteiger partial charge in [0, 0.05) is 19.8 Å². The van der Waals surface area contributed by atoms with E-state index in [1.54, 1.807) is 29.0 Å². The fraction of sp³-hybridized carbons (Fsp3) is 0.353. The summed E-state index contributed by atoms with van der Waals surface area (Å²) < 4.78 is 1.64. The van der Waals surface area contributed by atoms with Crippen molar-refractivity contribution >= 4 is 29.9 Å². The predicted molar refractivity (Wildman–Crippen MR) is 97.5 cm³/mol. The second-order valence-electron chi connectivity index (χ2n) is 6.01. The molecule has 0 spiro atoms. The van der Waals surface area contributed by atoms with Crippen LogP contribution in [-0.4, -0.2) is 40.2 Å². The maximum absolute atomic E-state index is 12.5. The monoisotopic (exact) mass is 363 g/mol. The molecule has 1 saturated heterocycles. The predicted octanol–water partition coefficient (Wildman–Crippen LogP) is 0.633. The van der Waals surface area contributed by atoms with Crippen LogP contribution in [0.3, 0.4) is 0 Å². The molecule has 3 N–H and O–H groups in total. The number of carbonyl (C=O) groups is 2. The standard InChI is InChI=1S/C17H21N5O2.ClH/c1-21-11-13(10-19-21)22-8-7-15(17(22)24)20-16(23)14(18)9-12-5-3-2-4-6-12;/h2-6,10-11,14-15H,7-9,18H2,1H3,(H,20,23);1H/t14-,15?;/m0./s1. The van der Waals surface area contributed by atoms with Gasteiger partial charge in [-0.3, -0.25) is 14.3 Å². The third-order valence-corrected chi connectivity index (χ3v) is 4.16. The molecule has 1 fully saturated rings. The zero-order chi connectivity index (χ0) is 17.1. The second-order valence-corrected chi connectivity index (χ2v) is 6.01. The first kappa shape index (κ1) is 19.0. The van der Waals surface area contributed by atoms with Crippen LogP contribution in [0.25, 0.3) is 0 Å². The van der Waals surface area contributed by atoms with Crippen molar-refractivity contribution in [2.75, 3.05) is 11.4 Å². The third kappa shape index (κ3) is 4.37. The molecular formula is C17H22ClN5O2. The second kappa shape index (κ2) is 8.13. The Morgan fingerprint density at radius 2 is 2.12 bits per heavy atom. The minimum absolute atomic E-state index is 0. The summed E-state index contributed by atoms with van der Waals surface area (Å²) in [4.78, 5) is 26.4. The summed E-state index contributed by atoms with van der Waals surface area (Å²) >= 11 is 0. The number of aryl methyl sites for hydroxylation is 1. The van der Waals surface area contributed by atoms with Crippen LogP contribution in [0.4, 0.5) is 5.69 Å². The van der Waals surface area contributed by atoms with Gasteiger partial charge in [-0.15, -0.1) is 12.4 Å². The number of rotatable bonds is 5. The Bertz CT molecular complexity index is 734. The van der Waals surface area contributed by atoms with Gasteiger partial charge in [0.15, 0.2) is 0 Å². The highest BCUT2D eigenvalue weighted by Crippen LogP contribution is 2.20. The summed E-state index contributed by atoms with van der Waals surface area (Å²) in [6.07, 6.45) is 4.43. The summed E-state index contributed by atoms with van der Waals surface area (Å²) in [5, 5.41) is 6.84. The quantitative estimate of drug-likeness (QED) is 0.815. The lowest BCUT2D eigenvalue weighted by atomic mass is 10.1. The molecule has 134 valence electrons. The van der Waals surface area contributed by atoms with Crippen LogP contribution >= 0.6 is 12.4 Å². The van der Waals surface area contributed by atoms with E-state index in [2.05, 4.69) is 10.4 Å². The van der Waals surface area contributed by atoms with Crippen LogP contribution in [0.1, 0.15) is 12.0 Å². The van der Waals surface area contributed by atoms with Gasteiger partial charge in [-0.25, -0.2) is 0 Å². The number of hydrogen-bond donors (Lipinski definition) is 2. The lowest BCUT2D eigenvalue weighted by Crippen LogP contribution is -2.49. The first-order valence-electron chi connectivity index (χ1n) is 7.94. The molecule has 1 aliphatic heterocycles. The fourth-order valence-electron chi connectivity index (χ4n) is 2.86. The molecule has 2 amide bonds. The van der Waals surface area contributed by atoms with Gasteiger partial charge in [-0.05, 0) is 18.4 Å². The van der Waals surface area contributed by atoms with Crippen LogP contribution < -0.4 is 16.0 Å². The van der Waals surface area contributed by atoms with Gasteiger partial charge < -0.3 is 16.0 Å². The van der Waals surface area contributed by atoms with Crippen LogP contribution in [-0.2, 0) is 23.1 Å². The van der Waals surface area contributed by atoms with Crippen LogP contribution in [0.15, 0.2) is 42.7 Å². The maximum atomic E-state index is 12.5. The first-order valence-corrected chi connectivity index (χ1v) is 7.94. The number of anilines is 1. The van der Waals surface area contributed by atoms with Crippen molar-refractivity contribution in [3.8, 4) is 0 Å². The van der Waals surface area contributed by atoms with E-state index >= 15 is 0 Å². The lowest BCUT2D eigenvalue weighted by Gasteiger charge is -2.17. The topological polar surface area (TPSA) is 93.2 Å². The van der Waals surface area contributed by atoms with Crippen LogP contribution in [0, 0.1) is 0 Å². The van der Waals surface area contributed by atoms with Crippen molar-refractivity contribution in [1.82, 2.24) is 15.1 Å². The molecule has 1 unspecified atom stereocenters. The Morgan fingerprint density at radius 1 is 1.40 bits per heavy atom. The van der Waals surface area contributed by atoms with Gasteiger partial charge in [0.25, 0.3) is 0 Å². The van der Waals surface area contributed by atoms with Gasteiger partial charge in [-0.1, -0.05) is 30.3 Å². The molecule has 0 bridgehead atoms. The number of nitrogens with two attached hydrogens (primary N) is 1. The molecule has 0 radical (unpaired) electrons. The van der Waals surface area contributed by atoms with Gasteiger partial charge in [0.2, 0.25) is 11.8 Å². The molecule has 1 aromatic heterocycles. The van der Waals surface area contributed by atoms with Crippen LogP contribution in [0.2, 0.25) is 0 Å². The van der Waals surface area contributed by atoms with Crippen LogP contribution in [0.5, 0.6) is 0 Å². The molecule has 7 nitrogen and oxygen atoms in total. The fourth-order valence-corrected chi connectivity index (χ4v) is 2.86. The van der Waals surface area contributed by atoms with Crippen molar-refractivity contribution in [2.45, 2.75) is 24.9 Å². The van der Waals surface area contributed by atoms with Crippen molar-refractivity contribution in [3.05, 3.63) is 48.3 Å². The van der Waals surface area contributed by atoms with Crippen molar-refractivity contribution < 1.29 is 9.59 Å². The molecule has 1 aliphatic rings. The highest BCUT2D eigenvalue weighted by Gasteiger charge is 2.34. The van der Waals surface area contributed by atoms with E-state index in [1.807, 2.05) is 30.3 Å². The van der Waals surface area contributed by atoms with Crippen molar-refractivity contribution in [3.63, 3.8) is 0 Å². The number of hydrogen-bond acceptors (Lipinski definition) is 4. The molecule has 8 heteroatoms. The zero-order valence-corrected chi connectivity index (χ0v) is 14.8. The Balaban J connectivity index is 0.00000225. The van der Waals surface area contributed by atoms with Gasteiger partial charge in [0.05, 0.1) is 17.9 Å². The summed E-state index contributed by atoms with van der Waals surface area (Å²) in [6, 6.07) is 8.39. The zero-order valence-electron chi connectivity index (χ0n) is 14.0. The number of aromatic nitrogens is 2. The van der Waals surface area contributed by atoms with Crippen molar-refractivity contribution in [1.29, 1.82) is 0 Å². The van der Waals surface area contributed by atoms with E-state index in [9.17, 15) is 9.59 Å². The first-order chi connectivity index (χ1) is 11.5. The molecule has 2 aromatic rings. The highest BCUT2D eigenvalue weighted by atomic mass is 35.5. The minimum Gasteiger partial charge on any atom is -0.343 e. The Kier molecular flexibility index (Phi) is 6.17. The Morgan fingerprint density at radius 3 is 2.76 bits per heavy atom. The smallest absolute Gasteiger partial charge is 0.249 e. The molecule has 1 aromatic carbocycles. The molecule has 3 rings (SSSR count). The summed E-state index contributed by atoms with van der Waals surface area (Å²) in [5.41, 5.74) is 7.71. The number of carbonyl (C=O) groups excluding carboxylic acids is 2. The van der Waals surface area contributed by atoms with Gasteiger partial charge in [0.1, 0.15) is 6.04 Å². The van der Waals surface area contributed by atoms with Gasteiger partial charge in [-0.2, -0.15) is 5.10 Å². The van der Waals surface area contributed by atoms with Crippen molar-refractivity contribution in [2.24, 2.45) is 12.8 Å². The van der Waals surface area contributed by atoms with E-state index in [4.69, 9.17) is 5.73 Å². The minimum atomic E-state index is -0.673. The summed E-state index contributed by atoms with van der Waals surface area (Å²) in [7, 11) is 1.80. The molecule has 0 saturated carbocycles. The van der Waals surface area contributed by atoms with E-state index in [0.29, 0.717) is 19.4 Å². The maximum Gasteiger partial charge on any atom is 0.249 e. The van der Waals surface area contributed by atoms with Gasteiger partial charge >= 0.3 is 0 Å². The molecule has 2 atom stereocenters. The number of nitrogens with one attached hydrogen (secondary N) is 1. The average molecular weight is 364 g/mol. The van der Waals surface area contributed by atoms with E-state index < -0.39 is 12.1 Å². The number of nitrogens with zero attached hydrogens (tertiary/aromatic N) is 3. The molecule has 2 heterocycles. The SMILES string of the molecule is Cl.Cn1cc(N2CCC(NC(=O)[C@@H](N)Cc3ccccc3)C2=O)cn1. The van der Waals surface area contributed by atoms with E-state index in [-0.39, 0.29) is 24.2 Å². The summed E-state index contributed by atoms with van der Waals surface area (Å²) in [5.74, 6) is -0.423.